The number of nitrogens with two attached hydrogens (primary N) is 1. The Morgan fingerprint density at radius 3 is 2.72 bits per heavy atom. The highest BCUT2D eigenvalue weighted by molar-refractivity contribution is 7.99. The molecule has 2 atom stereocenters. The molecular formula is C20H30N4O4S. The monoisotopic (exact) mass is 422 g/mol. The van der Waals surface area contributed by atoms with E-state index in [1.54, 1.807) is 23.9 Å². The van der Waals surface area contributed by atoms with E-state index in [9.17, 15) is 19.8 Å². The van der Waals surface area contributed by atoms with Crippen LogP contribution in [0.25, 0.3) is 5.69 Å². The van der Waals surface area contributed by atoms with E-state index in [4.69, 9.17) is 5.73 Å². The molecule has 0 fully saturated rings. The number of aliphatic hydroxyl groups is 1. The van der Waals surface area contributed by atoms with Gasteiger partial charge in [0.15, 0.2) is 0 Å². The van der Waals surface area contributed by atoms with Crippen LogP contribution in [0.5, 0.6) is 5.88 Å². The van der Waals surface area contributed by atoms with Gasteiger partial charge in [-0.1, -0.05) is 25.1 Å². The number of amides is 1. The molecular weight excluding hydrogens is 392 g/mol. The number of aliphatic hydroxyl groups excluding tert-OH is 1. The number of aromatic nitrogens is 2. The summed E-state index contributed by atoms with van der Waals surface area (Å²) in [5, 5.41) is 22.7. The van der Waals surface area contributed by atoms with Crippen LogP contribution in [0, 0.1) is 0 Å². The molecule has 1 amide bonds. The maximum absolute atomic E-state index is 12.1. The first-order valence-electron chi connectivity index (χ1n) is 9.83. The van der Waals surface area contributed by atoms with Crippen molar-refractivity contribution in [3.8, 4) is 11.6 Å². The molecule has 0 aliphatic rings. The van der Waals surface area contributed by atoms with Crippen molar-refractivity contribution >= 4 is 17.7 Å². The zero-order valence-electron chi connectivity index (χ0n) is 16.6. The van der Waals surface area contributed by atoms with E-state index in [0.717, 1.165) is 11.5 Å². The predicted octanol–water partition coefficient (Wildman–Crippen LogP) is 1.14. The maximum atomic E-state index is 12.1. The molecule has 0 bridgehead atoms. The van der Waals surface area contributed by atoms with Crippen LogP contribution in [0.4, 0.5) is 0 Å². The lowest BCUT2D eigenvalue weighted by atomic mass is 10.1. The summed E-state index contributed by atoms with van der Waals surface area (Å²) < 4.78 is 1.45. The molecule has 29 heavy (non-hydrogen) atoms. The zero-order valence-corrected chi connectivity index (χ0v) is 17.5. The Labute approximate surface area is 174 Å². The van der Waals surface area contributed by atoms with Crippen LogP contribution in [-0.4, -0.2) is 55.9 Å². The van der Waals surface area contributed by atoms with E-state index in [2.05, 4.69) is 10.3 Å². The number of carbonyl (C=O) groups is 1. The molecule has 0 saturated heterocycles. The largest absolute Gasteiger partial charge is 0.493 e. The van der Waals surface area contributed by atoms with E-state index >= 15 is 0 Å². The minimum Gasteiger partial charge on any atom is -0.493 e. The Morgan fingerprint density at radius 1 is 1.31 bits per heavy atom. The first-order chi connectivity index (χ1) is 14.0. The smallest absolute Gasteiger partial charge is 0.333 e. The third-order valence-corrected chi connectivity index (χ3v) is 5.53. The van der Waals surface area contributed by atoms with Crippen LogP contribution in [-0.2, 0) is 11.2 Å². The third kappa shape index (κ3) is 6.66. The Kier molecular flexibility index (Phi) is 9.30. The van der Waals surface area contributed by atoms with Gasteiger partial charge in [-0.3, -0.25) is 14.3 Å². The molecule has 2 rings (SSSR count). The Morgan fingerprint density at radius 2 is 2.03 bits per heavy atom. The highest BCUT2D eigenvalue weighted by Crippen LogP contribution is 2.18. The first-order valence-corrected chi connectivity index (χ1v) is 11.0. The topological polar surface area (TPSA) is 133 Å². The lowest BCUT2D eigenvalue weighted by Gasteiger charge is -2.18. The average molecular weight is 423 g/mol. The molecule has 1 aromatic heterocycles. The van der Waals surface area contributed by atoms with Gasteiger partial charge in [0.2, 0.25) is 11.8 Å². The number of para-hydroxylation sites is 1. The number of imidazole rings is 1. The molecule has 2 aromatic rings. The van der Waals surface area contributed by atoms with E-state index < -0.39 is 23.7 Å². The van der Waals surface area contributed by atoms with Crippen LogP contribution in [0.2, 0.25) is 0 Å². The molecule has 0 spiro atoms. The zero-order chi connectivity index (χ0) is 21.2. The van der Waals surface area contributed by atoms with Gasteiger partial charge in [0, 0.05) is 12.6 Å². The van der Waals surface area contributed by atoms with Crippen molar-refractivity contribution in [2.45, 2.75) is 44.8 Å². The number of carbonyl (C=O) groups excluding carboxylic acids is 1. The van der Waals surface area contributed by atoms with Gasteiger partial charge in [-0.2, -0.15) is 11.8 Å². The van der Waals surface area contributed by atoms with Gasteiger partial charge < -0.3 is 21.3 Å². The van der Waals surface area contributed by atoms with Crippen molar-refractivity contribution in [3.63, 3.8) is 0 Å². The number of unbranched alkanes of at least 4 members (excludes halogenated alkanes) is 1. The van der Waals surface area contributed by atoms with Crippen molar-refractivity contribution < 1.29 is 15.0 Å². The van der Waals surface area contributed by atoms with Gasteiger partial charge in [0.25, 0.3) is 0 Å². The van der Waals surface area contributed by atoms with Crippen LogP contribution in [0.1, 0.15) is 31.9 Å². The summed E-state index contributed by atoms with van der Waals surface area (Å²) >= 11 is 1.72. The standard InChI is InChI=1S/C20H30N4O4S/c1-2-29-13-11-15(21)17(25)19(27)22-12-7-6-10-16-18(26)23-20(28)24(16)14-8-4-3-5-9-14/h3-5,8-9,15,17,25-26H,2,6-7,10-13,21H2,1H3,(H,22,27)(H,23,28)/t15-,17?/m1/s1. The van der Waals surface area contributed by atoms with Gasteiger partial charge in [-0.05, 0) is 49.3 Å². The average Bonchev–Trinajstić information content (AvgIpc) is 3.00. The number of hydrogen-bond donors (Lipinski definition) is 5. The molecule has 8 nitrogen and oxygen atoms in total. The predicted molar refractivity (Wildman–Crippen MR) is 116 cm³/mol. The number of thioether (sulfide) groups is 1. The number of hydrogen-bond acceptors (Lipinski definition) is 6. The van der Waals surface area contributed by atoms with Gasteiger partial charge in [0.05, 0.1) is 11.4 Å². The van der Waals surface area contributed by atoms with Crippen LogP contribution >= 0.6 is 11.8 Å². The number of nitrogens with zero attached hydrogens (tertiary/aromatic N) is 1. The second-order valence-electron chi connectivity index (χ2n) is 6.74. The SMILES string of the molecule is CCSCC[C@@H](N)C(O)C(=O)NCCCCc1c(O)[nH]c(=O)n1-c1ccccc1. The normalized spacial score (nSPS) is 13.2. The van der Waals surface area contributed by atoms with Crippen LogP contribution in [0.15, 0.2) is 35.1 Å². The molecule has 160 valence electrons. The van der Waals surface area contributed by atoms with Crippen molar-refractivity contribution in [1.29, 1.82) is 0 Å². The van der Waals surface area contributed by atoms with Gasteiger partial charge in [-0.15, -0.1) is 0 Å². The highest BCUT2D eigenvalue weighted by atomic mass is 32.2. The number of benzene rings is 1. The number of aromatic amines is 1. The Hall–Kier alpha value is -2.23. The summed E-state index contributed by atoms with van der Waals surface area (Å²) in [5.74, 6) is 1.17. The van der Waals surface area contributed by atoms with Crippen LogP contribution in [0.3, 0.4) is 0 Å². The maximum Gasteiger partial charge on any atom is 0.333 e. The summed E-state index contributed by atoms with van der Waals surface area (Å²) in [6.45, 7) is 2.43. The van der Waals surface area contributed by atoms with Crippen LogP contribution < -0.4 is 16.7 Å². The fraction of sp³-hybridized carbons (Fsp3) is 0.500. The van der Waals surface area contributed by atoms with E-state index in [1.807, 2.05) is 25.1 Å². The minimum atomic E-state index is -1.22. The molecule has 1 unspecified atom stereocenters. The van der Waals surface area contributed by atoms with Gasteiger partial charge >= 0.3 is 5.69 Å². The van der Waals surface area contributed by atoms with Crippen molar-refractivity contribution in [2.24, 2.45) is 5.73 Å². The fourth-order valence-electron chi connectivity index (χ4n) is 2.99. The molecule has 9 heteroatoms. The van der Waals surface area contributed by atoms with Crippen molar-refractivity contribution in [3.05, 3.63) is 46.5 Å². The fourth-order valence-corrected chi connectivity index (χ4v) is 3.72. The molecule has 1 aromatic carbocycles. The highest BCUT2D eigenvalue weighted by Gasteiger charge is 2.22. The number of H-pyrrole nitrogens is 1. The van der Waals surface area contributed by atoms with E-state index in [-0.39, 0.29) is 5.88 Å². The molecule has 0 saturated carbocycles. The second kappa shape index (κ2) is 11.7. The number of rotatable bonds is 12. The van der Waals surface area contributed by atoms with Gasteiger partial charge in [-0.25, -0.2) is 4.79 Å². The first kappa shape index (κ1) is 23.1. The summed E-state index contributed by atoms with van der Waals surface area (Å²) in [6, 6.07) is 8.51. The minimum absolute atomic E-state index is 0.144. The molecule has 0 aliphatic carbocycles. The summed E-state index contributed by atoms with van der Waals surface area (Å²) in [5.41, 5.74) is 6.65. The second-order valence-corrected chi connectivity index (χ2v) is 8.13. The third-order valence-electron chi connectivity index (χ3n) is 4.60. The van der Waals surface area contributed by atoms with Crippen molar-refractivity contribution in [2.75, 3.05) is 18.1 Å². The number of aromatic hydroxyl groups is 1. The summed E-state index contributed by atoms with van der Waals surface area (Å²) in [4.78, 5) is 26.6. The molecule has 6 N–H and O–H groups in total. The quantitative estimate of drug-likeness (QED) is 0.326. The molecule has 0 radical (unpaired) electrons. The summed E-state index contributed by atoms with van der Waals surface area (Å²) in [7, 11) is 0. The van der Waals surface area contributed by atoms with E-state index in [1.165, 1.54) is 4.57 Å². The Bertz CT molecular complexity index is 822. The Balaban J connectivity index is 1.80. The van der Waals surface area contributed by atoms with E-state index in [0.29, 0.717) is 43.6 Å². The molecule has 1 heterocycles. The lowest BCUT2D eigenvalue weighted by molar-refractivity contribution is -0.130. The lowest BCUT2D eigenvalue weighted by Crippen LogP contribution is -2.46. The molecule has 0 aliphatic heterocycles. The van der Waals surface area contributed by atoms with Crippen molar-refractivity contribution in [1.82, 2.24) is 14.9 Å². The summed E-state index contributed by atoms with van der Waals surface area (Å²) in [6.07, 6.45) is 1.10. The number of nitrogens with one attached hydrogen (secondary N) is 2. The van der Waals surface area contributed by atoms with Gasteiger partial charge in [0.1, 0.15) is 6.10 Å².